The maximum atomic E-state index is 10.7. The second kappa shape index (κ2) is 5.78. The molecule has 6 heteroatoms. The SMILES string of the molecule is COc1ccc(C2(Nc3ncc(P=O)cn3)CCC2)cc1. The minimum absolute atomic E-state index is 0.0589. The maximum absolute atomic E-state index is 10.7. The van der Waals surface area contributed by atoms with Crippen molar-refractivity contribution < 1.29 is 9.30 Å². The molecule has 1 aromatic carbocycles. The first-order valence-electron chi connectivity index (χ1n) is 6.84. The van der Waals surface area contributed by atoms with Gasteiger partial charge in [0.1, 0.15) is 5.75 Å². The molecule has 1 aromatic heterocycles. The van der Waals surface area contributed by atoms with Crippen LogP contribution in [0.15, 0.2) is 36.7 Å². The van der Waals surface area contributed by atoms with Gasteiger partial charge in [0.15, 0.2) is 8.46 Å². The molecule has 0 spiro atoms. The Bertz CT molecular complexity index is 624. The van der Waals surface area contributed by atoms with E-state index < -0.39 is 0 Å². The van der Waals surface area contributed by atoms with Crippen molar-refractivity contribution in [2.24, 2.45) is 0 Å². The summed E-state index contributed by atoms with van der Waals surface area (Å²) in [6, 6.07) is 8.10. The molecule has 0 radical (unpaired) electrons. The van der Waals surface area contributed by atoms with Gasteiger partial charge in [0.25, 0.3) is 0 Å². The first-order valence-corrected chi connectivity index (χ1v) is 7.65. The molecule has 2 aromatic rings. The summed E-state index contributed by atoms with van der Waals surface area (Å²) < 4.78 is 15.9. The largest absolute Gasteiger partial charge is 0.497 e. The lowest BCUT2D eigenvalue weighted by molar-refractivity contribution is 0.282. The van der Waals surface area contributed by atoms with E-state index in [0.717, 1.165) is 18.6 Å². The van der Waals surface area contributed by atoms with Gasteiger partial charge in [-0.3, -0.25) is 4.57 Å². The van der Waals surface area contributed by atoms with Crippen LogP contribution in [0.2, 0.25) is 0 Å². The van der Waals surface area contributed by atoms with Crippen LogP contribution in [0.4, 0.5) is 5.95 Å². The third kappa shape index (κ3) is 2.74. The predicted octanol–water partition coefficient (Wildman–Crippen LogP) is 2.89. The van der Waals surface area contributed by atoms with E-state index in [1.165, 1.54) is 12.0 Å². The number of methoxy groups -OCH3 is 1. The van der Waals surface area contributed by atoms with Gasteiger partial charge in [-0.25, -0.2) is 9.97 Å². The third-order valence-corrected chi connectivity index (χ3v) is 4.39. The number of benzene rings is 1. The van der Waals surface area contributed by atoms with Crippen LogP contribution in [0.1, 0.15) is 24.8 Å². The molecule has 0 saturated heterocycles. The van der Waals surface area contributed by atoms with Crippen molar-refractivity contribution >= 4 is 19.7 Å². The molecule has 1 aliphatic carbocycles. The van der Waals surface area contributed by atoms with Crippen molar-refractivity contribution in [1.82, 2.24) is 9.97 Å². The molecule has 21 heavy (non-hydrogen) atoms. The van der Waals surface area contributed by atoms with Gasteiger partial charge in [0, 0.05) is 12.4 Å². The molecule has 0 unspecified atom stereocenters. The number of nitrogens with zero attached hydrogens (tertiary/aromatic N) is 2. The zero-order valence-electron chi connectivity index (χ0n) is 11.7. The van der Waals surface area contributed by atoms with E-state index in [-0.39, 0.29) is 14.0 Å². The molecular weight excluding hydrogens is 285 g/mol. The Labute approximate surface area is 125 Å². The molecular formula is C15H16N3O2P. The topological polar surface area (TPSA) is 64.1 Å². The predicted molar refractivity (Wildman–Crippen MR) is 81.4 cm³/mol. The fourth-order valence-corrected chi connectivity index (χ4v) is 2.78. The summed E-state index contributed by atoms with van der Waals surface area (Å²) in [6.45, 7) is 0. The zero-order valence-corrected chi connectivity index (χ0v) is 12.6. The fourth-order valence-electron chi connectivity index (χ4n) is 2.57. The summed E-state index contributed by atoms with van der Waals surface area (Å²) in [5.74, 6) is 1.42. The van der Waals surface area contributed by atoms with E-state index >= 15 is 0 Å². The standard InChI is InChI=1S/C15H16N3O2P/c1-20-12-5-3-11(4-6-12)15(7-2-8-15)18-14-16-9-13(21-19)10-17-14/h3-6,9-10H,2,7-8H2,1H3,(H,16,17,18). The summed E-state index contributed by atoms with van der Waals surface area (Å²) in [7, 11) is 1.60. The van der Waals surface area contributed by atoms with Crippen molar-refractivity contribution in [3.63, 3.8) is 0 Å². The van der Waals surface area contributed by atoms with Crippen molar-refractivity contribution in [3.8, 4) is 5.75 Å². The Hall–Kier alpha value is -2.00. The average Bonchev–Trinajstić information content (AvgIpc) is 2.52. The molecule has 0 aliphatic heterocycles. The van der Waals surface area contributed by atoms with Crippen LogP contribution >= 0.6 is 8.46 Å². The van der Waals surface area contributed by atoms with Gasteiger partial charge >= 0.3 is 0 Å². The van der Waals surface area contributed by atoms with Crippen molar-refractivity contribution in [2.45, 2.75) is 24.8 Å². The summed E-state index contributed by atoms with van der Waals surface area (Å²) in [4.78, 5) is 8.44. The Morgan fingerprint density at radius 2 is 1.86 bits per heavy atom. The van der Waals surface area contributed by atoms with Crippen LogP contribution in [0.3, 0.4) is 0 Å². The molecule has 5 nitrogen and oxygen atoms in total. The normalized spacial score (nSPS) is 16.2. The number of ether oxygens (including phenoxy) is 1. The fraction of sp³-hybridized carbons (Fsp3) is 0.333. The van der Waals surface area contributed by atoms with E-state index in [0.29, 0.717) is 11.3 Å². The Morgan fingerprint density at radius 1 is 1.19 bits per heavy atom. The van der Waals surface area contributed by atoms with Gasteiger partial charge in [0.2, 0.25) is 5.95 Å². The molecule has 0 atom stereocenters. The van der Waals surface area contributed by atoms with Gasteiger partial charge < -0.3 is 10.1 Å². The van der Waals surface area contributed by atoms with Crippen LogP contribution in [-0.2, 0) is 10.1 Å². The molecule has 1 saturated carbocycles. The van der Waals surface area contributed by atoms with Crippen LogP contribution in [0.5, 0.6) is 5.75 Å². The highest BCUT2D eigenvalue weighted by molar-refractivity contribution is 7.34. The number of nitrogens with one attached hydrogen (secondary N) is 1. The van der Waals surface area contributed by atoms with E-state index in [9.17, 15) is 4.57 Å². The summed E-state index contributed by atoms with van der Waals surface area (Å²) in [5, 5.41) is 4.01. The van der Waals surface area contributed by atoms with Crippen molar-refractivity contribution in [2.75, 3.05) is 12.4 Å². The van der Waals surface area contributed by atoms with E-state index in [2.05, 4.69) is 27.4 Å². The summed E-state index contributed by atoms with van der Waals surface area (Å²) in [6.07, 6.45) is 6.42. The Morgan fingerprint density at radius 3 is 2.33 bits per heavy atom. The molecule has 3 rings (SSSR count). The quantitative estimate of drug-likeness (QED) is 0.860. The summed E-state index contributed by atoms with van der Waals surface area (Å²) >= 11 is 0. The Kier molecular flexibility index (Phi) is 3.84. The number of anilines is 1. The van der Waals surface area contributed by atoms with Crippen LogP contribution in [0.25, 0.3) is 0 Å². The molecule has 1 heterocycles. The third-order valence-electron chi connectivity index (χ3n) is 3.94. The molecule has 1 fully saturated rings. The number of rotatable bonds is 5. The molecule has 0 amide bonds. The van der Waals surface area contributed by atoms with Gasteiger partial charge in [-0.2, -0.15) is 0 Å². The molecule has 1 aliphatic rings. The minimum Gasteiger partial charge on any atom is -0.497 e. The van der Waals surface area contributed by atoms with Gasteiger partial charge in [-0.05, 0) is 37.0 Å². The number of aromatic nitrogens is 2. The van der Waals surface area contributed by atoms with Gasteiger partial charge in [-0.15, -0.1) is 0 Å². The minimum atomic E-state index is -0.108. The number of hydrogen-bond donors (Lipinski definition) is 1. The second-order valence-electron chi connectivity index (χ2n) is 5.15. The molecule has 108 valence electrons. The maximum Gasteiger partial charge on any atom is 0.223 e. The van der Waals surface area contributed by atoms with E-state index in [4.69, 9.17) is 4.74 Å². The van der Waals surface area contributed by atoms with Crippen LogP contribution in [0, 0.1) is 0 Å². The Balaban J connectivity index is 1.83. The first-order chi connectivity index (χ1) is 10.3. The molecule has 1 N–H and O–H groups in total. The van der Waals surface area contributed by atoms with Gasteiger partial charge in [-0.1, -0.05) is 12.1 Å². The smallest absolute Gasteiger partial charge is 0.223 e. The molecule has 0 bridgehead atoms. The highest BCUT2D eigenvalue weighted by Crippen LogP contribution is 2.43. The zero-order chi connectivity index (χ0) is 14.7. The van der Waals surface area contributed by atoms with E-state index in [1.54, 1.807) is 19.5 Å². The highest BCUT2D eigenvalue weighted by atomic mass is 31.1. The lowest BCUT2D eigenvalue weighted by Gasteiger charge is -2.43. The lowest BCUT2D eigenvalue weighted by atomic mass is 9.72. The monoisotopic (exact) mass is 301 g/mol. The van der Waals surface area contributed by atoms with Crippen LogP contribution in [-0.4, -0.2) is 17.1 Å². The van der Waals surface area contributed by atoms with E-state index in [1.807, 2.05) is 12.1 Å². The second-order valence-corrected chi connectivity index (χ2v) is 5.84. The van der Waals surface area contributed by atoms with Gasteiger partial charge in [0.05, 0.1) is 18.0 Å². The van der Waals surface area contributed by atoms with Crippen LogP contribution < -0.4 is 15.4 Å². The average molecular weight is 301 g/mol. The van der Waals surface area contributed by atoms with Crippen molar-refractivity contribution in [1.29, 1.82) is 0 Å². The van der Waals surface area contributed by atoms with Crippen molar-refractivity contribution in [3.05, 3.63) is 42.2 Å². The number of hydrogen-bond acceptors (Lipinski definition) is 5. The first kappa shape index (κ1) is 14.0. The summed E-state index contributed by atoms with van der Waals surface area (Å²) in [5.41, 5.74) is 1.10. The lowest BCUT2D eigenvalue weighted by Crippen LogP contribution is -2.42. The highest BCUT2D eigenvalue weighted by Gasteiger charge is 2.39.